The molecule has 2 rings (SSSR count). The van der Waals surface area contributed by atoms with Crippen molar-refractivity contribution in [2.24, 2.45) is 5.16 Å². The van der Waals surface area contributed by atoms with Gasteiger partial charge in [0.25, 0.3) is 0 Å². The van der Waals surface area contributed by atoms with Gasteiger partial charge in [-0.05, 0) is 31.4 Å². The summed E-state index contributed by atoms with van der Waals surface area (Å²) < 4.78 is 25.3. The minimum absolute atomic E-state index is 0.307. The highest BCUT2D eigenvalue weighted by molar-refractivity contribution is 7.92. The van der Waals surface area contributed by atoms with Gasteiger partial charge in [-0.3, -0.25) is 0 Å². The van der Waals surface area contributed by atoms with Crippen molar-refractivity contribution < 1.29 is 13.6 Å². The first kappa shape index (κ1) is 14.1. The summed E-state index contributed by atoms with van der Waals surface area (Å²) in [6, 6.07) is 8.42. The van der Waals surface area contributed by atoms with Crippen LogP contribution in [0.25, 0.3) is 0 Å². The first-order valence-electron chi connectivity index (χ1n) is 6.66. The molecule has 0 amide bonds. The molecule has 0 radical (unpaired) electrons. The van der Waals surface area contributed by atoms with Crippen LogP contribution in [0.1, 0.15) is 38.5 Å². The Bertz CT molecular complexity index is 537. The molecule has 1 atom stereocenters. The van der Waals surface area contributed by atoms with Gasteiger partial charge in [-0.2, -0.15) is 0 Å². The van der Waals surface area contributed by atoms with Gasteiger partial charge in [0.1, 0.15) is 5.25 Å². The van der Waals surface area contributed by atoms with Gasteiger partial charge in [0.2, 0.25) is 0 Å². The molecule has 0 aliphatic heterocycles. The Morgan fingerprint density at radius 1 is 1.05 bits per heavy atom. The number of benzene rings is 1. The van der Waals surface area contributed by atoms with E-state index >= 15 is 0 Å². The lowest BCUT2D eigenvalue weighted by molar-refractivity contribution is 0.315. The molecular weight excluding hydrogens is 262 g/mol. The summed E-state index contributed by atoms with van der Waals surface area (Å²) in [4.78, 5) is 0.307. The molecule has 0 heterocycles. The van der Waals surface area contributed by atoms with E-state index < -0.39 is 15.1 Å². The van der Waals surface area contributed by atoms with E-state index in [0.717, 1.165) is 25.7 Å². The summed E-state index contributed by atoms with van der Waals surface area (Å²) in [7, 11) is -3.45. The van der Waals surface area contributed by atoms with Crippen molar-refractivity contribution in [3.8, 4) is 0 Å². The Balaban J connectivity index is 2.36. The third kappa shape index (κ3) is 3.15. The topological polar surface area (TPSA) is 66.7 Å². The average molecular weight is 281 g/mol. The molecule has 0 aromatic heterocycles. The summed E-state index contributed by atoms with van der Waals surface area (Å²) in [5.74, 6) is 0. The zero-order valence-electron chi connectivity index (χ0n) is 10.8. The van der Waals surface area contributed by atoms with Crippen LogP contribution < -0.4 is 0 Å². The van der Waals surface area contributed by atoms with Crippen LogP contribution >= 0.6 is 0 Å². The number of nitrogens with zero attached hydrogens (tertiary/aromatic N) is 1. The molecule has 0 saturated heterocycles. The van der Waals surface area contributed by atoms with E-state index in [4.69, 9.17) is 5.21 Å². The molecule has 104 valence electrons. The molecule has 0 bridgehead atoms. The van der Waals surface area contributed by atoms with Gasteiger partial charge in [0.05, 0.1) is 10.6 Å². The predicted octanol–water partition coefficient (Wildman–Crippen LogP) is 3.01. The molecule has 1 fully saturated rings. The second-order valence-electron chi connectivity index (χ2n) is 4.89. The lowest BCUT2D eigenvalue weighted by atomic mass is 9.99. The first-order chi connectivity index (χ1) is 9.16. The Hall–Kier alpha value is -1.36. The van der Waals surface area contributed by atoms with E-state index in [9.17, 15) is 8.42 Å². The molecular formula is C14H19NO3S. The van der Waals surface area contributed by atoms with Crippen LogP contribution in [0, 0.1) is 0 Å². The highest BCUT2D eigenvalue weighted by Crippen LogP contribution is 2.25. The number of rotatable bonds is 2. The molecule has 1 aromatic carbocycles. The second kappa shape index (κ2) is 6.19. The van der Waals surface area contributed by atoms with Crippen molar-refractivity contribution in [2.45, 2.75) is 48.7 Å². The maximum atomic E-state index is 12.6. The van der Waals surface area contributed by atoms with Crippen molar-refractivity contribution >= 4 is 15.5 Å². The summed E-state index contributed by atoms with van der Waals surface area (Å²) in [6.45, 7) is 0. The maximum Gasteiger partial charge on any atom is 0.186 e. The monoisotopic (exact) mass is 281 g/mol. The van der Waals surface area contributed by atoms with Gasteiger partial charge in [-0.25, -0.2) is 8.42 Å². The fourth-order valence-corrected chi connectivity index (χ4v) is 4.41. The summed E-state index contributed by atoms with van der Waals surface area (Å²) >= 11 is 0. The molecule has 19 heavy (non-hydrogen) atoms. The smallest absolute Gasteiger partial charge is 0.186 e. The molecule has 1 saturated carbocycles. The second-order valence-corrected chi connectivity index (χ2v) is 7.02. The SMILES string of the molecule is O=S(=O)(c1ccccc1)[C@@H]1CCCCCC/C1=N/O. The van der Waals surface area contributed by atoms with E-state index in [1.165, 1.54) is 0 Å². The minimum Gasteiger partial charge on any atom is -0.411 e. The molecule has 1 aliphatic rings. The highest BCUT2D eigenvalue weighted by Gasteiger charge is 2.32. The Kier molecular flexibility index (Phi) is 4.58. The first-order valence-corrected chi connectivity index (χ1v) is 8.20. The van der Waals surface area contributed by atoms with Gasteiger partial charge in [-0.15, -0.1) is 0 Å². The van der Waals surface area contributed by atoms with Gasteiger partial charge in [0.15, 0.2) is 9.84 Å². The van der Waals surface area contributed by atoms with Crippen LogP contribution in [-0.4, -0.2) is 24.6 Å². The quantitative estimate of drug-likeness (QED) is 0.669. The van der Waals surface area contributed by atoms with Crippen LogP contribution in [0.5, 0.6) is 0 Å². The molecule has 4 nitrogen and oxygen atoms in total. The van der Waals surface area contributed by atoms with Crippen molar-refractivity contribution in [2.75, 3.05) is 0 Å². The zero-order chi connectivity index (χ0) is 13.7. The molecule has 5 heteroatoms. The zero-order valence-corrected chi connectivity index (χ0v) is 11.6. The summed E-state index contributed by atoms with van der Waals surface area (Å²) in [5.41, 5.74) is 0.406. The van der Waals surface area contributed by atoms with Gasteiger partial charge < -0.3 is 5.21 Å². The van der Waals surface area contributed by atoms with E-state index in [1.807, 2.05) is 0 Å². The van der Waals surface area contributed by atoms with Gasteiger partial charge >= 0.3 is 0 Å². The standard InChI is InChI=1S/C14H19NO3S/c16-15-13-10-6-1-2-7-11-14(13)19(17,18)12-8-4-3-5-9-12/h3-5,8-9,14,16H,1-2,6-7,10-11H2/b15-13-/t14-/m1/s1. The molecule has 1 aliphatic carbocycles. The number of sulfone groups is 1. The van der Waals surface area contributed by atoms with Crippen LogP contribution in [-0.2, 0) is 9.84 Å². The van der Waals surface area contributed by atoms with Crippen LogP contribution in [0.3, 0.4) is 0 Å². The third-order valence-corrected chi connectivity index (χ3v) is 5.78. The molecule has 0 spiro atoms. The van der Waals surface area contributed by atoms with E-state index in [1.54, 1.807) is 30.3 Å². The Labute approximate surface area is 114 Å². The van der Waals surface area contributed by atoms with E-state index in [0.29, 0.717) is 23.4 Å². The maximum absolute atomic E-state index is 12.6. The highest BCUT2D eigenvalue weighted by atomic mass is 32.2. The number of hydrogen-bond donors (Lipinski definition) is 1. The lowest BCUT2D eigenvalue weighted by Gasteiger charge is -2.21. The molecule has 1 aromatic rings. The van der Waals surface area contributed by atoms with E-state index in [-0.39, 0.29) is 0 Å². The normalized spacial score (nSPS) is 23.8. The van der Waals surface area contributed by atoms with E-state index in [2.05, 4.69) is 5.16 Å². The predicted molar refractivity (Wildman–Crippen MR) is 74.3 cm³/mol. The fourth-order valence-electron chi connectivity index (χ4n) is 2.54. The fraction of sp³-hybridized carbons (Fsp3) is 0.500. The molecule has 1 N–H and O–H groups in total. The van der Waals surface area contributed by atoms with Crippen molar-refractivity contribution in [3.05, 3.63) is 30.3 Å². The largest absolute Gasteiger partial charge is 0.411 e. The Morgan fingerprint density at radius 2 is 1.74 bits per heavy atom. The lowest BCUT2D eigenvalue weighted by Crippen LogP contribution is -2.31. The van der Waals surface area contributed by atoms with Crippen molar-refractivity contribution in [3.63, 3.8) is 0 Å². The van der Waals surface area contributed by atoms with Gasteiger partial charge in [0, 0.05) is 0 Å². The van der Waals surface area contributed by atoms with Crippen molar-refractivity contribution in [1.82, 2.24) is 0 Å². The van der Waals surface area contributed by atoms with Crippen LogP contribution in [0.2, 0.25) is 0 Å². The van der Waals surface area contributed by atoms with Crippen LogP contribution in [0.15, 0.2) is 40.4 Å². The minimum atomic E-state index is -3.45. The number of oxime groups is 1. The van der Waals surface area contributed by atoms with Gasteiger partial charge in [-0.1, -0.05) is 42.6 Å². The van der Waals surface area contributed by atoms with Crippen molar-refractivity contribution in [1.29, 1.82) is 0 Å². The Morgan fingerprint density at radius 3 is 2.42 bits per heavy atom. The summed E-state index contributed by atoms with van der Waals surface area (Å²) in [5, 5.41) is 11.7. The van der Waals surface area contributed by atoms with Crippen LogP contribution in [0.4, 0.5) is 0 Å². The number of hydrogen-bond acceptors (Lipinski definition) is 4. The summed E-state index contributed by atoms with van der Waals surface area (Å²) in [6.07, 6.45) is 4.95. The third-order valence-electron chi connectivity index (χ3n) is 3.60. The molecule has 0 unspecified atom stereocenters. The average Bonchev–Trinajstić information content (AvgIpc) is 2.39.